The van der Waals surface area contributed by atoms with E-state index in [1.54, 1.807) is 16.7 Å². The molecule has 0 bridgehead atoms. The van der Waals surface area contributed by atoms with Gasteiger partial charge in [0, 0.05) is 0 Å². The molecule has 4 rings (SSSR count). The Hall–Kier alpha value is -0.820. The Morgan fingerprint density at radius 3 is 1.37 bits per heavy atom. The molecular weight excluding hydrogens is 328 g/mol. The second-order valence-electron chi connectivity index (χ2n) is 9.79. The number of benzene rings is 1. The minimum atomic E-state index is -0.320. The second-order valence-corrected chi connectivity index (χ2v) is 9.79. The van der Waals surface area contributed by atoms with E-state index >= 15 is 0 Å². The number of aliphatic hydroxyl groups excluding tert-OH is 1. The van der Waals surface area contributed by atoms with Crippen molar-refractivity contribution in [1.82, 2.24) is 0 Å². The molecule has 27 heavy (non-hydrogen) atoms. The average molecular weight is 369 g/mol. The molecule has 3 aliphatic rings. The summed E-state index contributed by atoms with van der Waals surface area (Å²) in [6, 6.07) is 5.14. The smallest absolute Gasteiger partial charge is 0.0767 e. The Morgan fingerprint density at radius 1 is 0.630 bits per heavy atom. The fraction of sp³-hybridized carbons (Fsp3) is 0.769. The highest BCUT2D eigenvalue weighted by molar-refractivity contribution is 5.46. The monoisotopic (exact) mass is 368 g/mol. The fourth-order valence-electron chi connectivity index (χ4n) is 6.38. The Bertz CT molecular complexity index is 560. The summed E-state index contributed by atoms with van der Waals surface area (Å²) in [7, 11) is 0. The fourth-order valence-corrected chi connectivity index (χ4v) is 6.38. The van der Waals surface area contributed by atoms with Crippen molar-refractivity contribution in [3.05, 3.63) is 34.4 Å². The molecule has 1 aromatic carbocycles. The van der Waals surface area contributed by atoms with Crippen LogP contribution in [-0.2, 0) is 0 Å². The van der Waals surface area contributed by atoms with Gasteiger partial charge in [-0.05, 0) is 85.5 Å². The van der Waals surface area contributed by atoms with Crippen LogP contribution in [0.2, 0.25) is 0 Å². The van der Waals surface area contributed by atoms with E-state index in [1.165, 1.54) is 102 Å². The number of hydrogen-bond acceptors (Lipinski definition) is 1. The van der Waals surface area contributed by atoms with Crippen LogP contribution in [0.3, 0.4) is 0 Å². The van der Waals surface area contributed by atoms with Crippen LogP contribution in [0.25, 0.3) is 0 Å². The number of rotatable bonds is 4. The van der Waals surface area contributed by atoms with Gasteiger partial charge in [0.15, 0.2) is 0 Å². The standard InChI is InChI=1S/C26H40O/c1-19(27)26-24(21-13-7-3-8-14-21)17-23(20-11-5-2-6-12-20)18-25(26)22-15-9-4-10-16-22/h17-22,27H,2-16H2,1H3/t19-/m0/s1. The largest absolute Gasteiger partial charge is 0.389 e. The zero-order valence-corrected chi connectivity index (χ0v) is 17.5. The predicted octanol–water partition coefficient (Wildman–Crippen LogP) is 7.88. The molecule has 0 unspecified atom stereocenters. The van der Waals surface area contributed by atoms with Gasteiger partial charge in [-0.1, -0.05) is 69.9 Å². The van der Waals surface area contributed by atoms with E-state index in [-0.39, 0.29) is 6.10 Å². The van der Waals surface area contributed by atoms with Crippen molar-refractivity contribution in [3.8, 4) is 0 Å². The highest BCUT2D eigenvalue weighted by Gasteiger charge is 2.29. The second kappa shape index (κ2) is 9.12. The van der Waals surface area contributed by atoms with Crippen LogP contribution >= 0.6 is 0 Å². The summed E-state index contributed by atoms with van der Waals surface area (Å²) in [6.45, 7) is 2.02. The van der Waals surface area contributed by atoms with Crippen LogP contribution < -0.4 is 0 Å². The molecule has 1 aromatic rings. The van der Waals surface area contributed by atoms with Crippen LogP contribution in [0.1, 0.15) is 149 Å². The quantitative estimate of drug-likeness (QED) is 0.573. The SMILES string of the molecule is C[C@H](O)c1c(C2CCCCC2)cc(C2CCCCC2)cc1C1CCCCC1. The Kier molecular flexibility index (Phi) is 6.58. The summed E-state index contributed by atoms with van der Waals surface area (Å²) >= 11 is 0. The molecule has 0 radical (unpaired) electrons. The summed E-state index contributed by atoms with van der Waals surface area (Å²) in [5, 5.41) is 10.8. The van der Waals surface area contributed by atoms with Gasteiger partial charge in [-0.3, -0.25) is 0 Å². The first-order valence-electron chi connectivity index (χ1n) is 12.1. The van der Waals surface area contributed by atoms with Crippen molar-refractivity contribution in [3.63, 3.8) is 0 Å². The summed E-state index contributed by atoms with van der Waals surface area (Å²) in [5.41, 5.74) is 6.07. The van der Waals surface area contributed by atoms with Gasteiger partial charge < -0.3 is 5.11 Å². The summed E-state index contributed by atoms with van der Waals surface area (Å²) < 4.78 is 0. The molecule has 3 aliphatic carbocycles. The lowest BCUT2D eigenvalue weighted by Gasteiger charge is -2.33. The minimum absolute atomic E-state index is 0.320. The molecule has 1 heteroatoms. The lowest BCUT2D eigenvalue weighted by atomic mass is 9.72. The van der Waals surface area contributed by atoms with Crippen LogP contribution in [0.5, 0.6) is 0 Å². The zero-order chi connectivity index (χ0) is 18.6. The van der Waals surface area contributed by atoms with Gasteiger partial charge in [-0.15, -0.1) is 0 Å². The van der Waals surface area contributed by atoms with Gasteiger partial charge in [-0.2, -0.15) is 0 Å². The summed E-state index contributed by atoms with van der Waals surface area (Å²) in [4.78, 5) is 0. The molecular formula is C26H40O. The van der Waals surface area contributed by atoms with Gasteiger partial charge in [0.05, 0.1) is 6.10 Å². The van der Waals surface area contributed by atoms with E-state index in [9.17, 15) is 5.11 Å². The molecule has 150 valence electrons. The highest BCUT2D eigenvalue weighted by atomic mass is 16.3. The molecule has 1 N–H and O–H groups in total. The molecule has 0 heterocycles. The lowest BCUT2D eigenvalue weighted by Crippen LogP contribution is -2.17. The predicted molar refractivity (Wildman–Crippen MR) is 115 cm³/mol. The van der Waals surface area contributed by atoms with E-state index in [0.29, 0.717) is 11.8 Å². The Morgan fingerprint density at radius 2 is 1.00 bits per heavy atom. The summed E-state index contributed by atoms with van der Waals surface area (Å²) in [5.74, 6) is 2.15. The van der Waals surface area contributed by atoms with E-state index in [4.69, 9.17) is 0 Å². The third kappa shape index (κ3) is 4.44. The lowest BCUT2D eigenvalue weighted by molar-refractivity contribution is 0.194. The molecule has 0 aliphatic heterocycles. The third-order valence-electron chi connectivity index (χ3n) is 7.85. The van der Waals surface area contributed by atoms with Gasteiger partial charge in [0.2, 0.25) is 0 Å². The number of hydrogen-bond donors (Lipinski definition) is 1. The average Bonchev–Trinajstić information content (AvgIpc) is 2.74. The molecule has 1 atom stereocenters. The Balaban J connectivity index is 1.77. The van der Waals surface area contributed by atoms with Crippen molar-refractivity contribution < 1.29 is 5.11 Å². The van der Waals surface area contributed by atoms with Crippen molar-refractivity contribution in [2.24, 2.45) is 0 Å². The first kappa shape index (κ1) is 19.5. The molecule has 0 saturated heterocycles. The molecule has 0 aromatic heterocycles. The van der Waals surface area contributed by atoms with Gasteiger partial charge >= 0.3 is 0 Å². The first-order chi connectivity index (χ1) is 13.2. The van der Waals surface area contributed by atoms with Crippen molar-refractivity contribution >= 4 is 0 Å². The topological polar surface area (TPSA) is 20.2 Å². The van der Waals surface area contributed by atoms with Crippen LogP contribution in [0.4, 0.5) is 0 Å². The molecule has 0 spiro atoms. The molecule has 3 fully saturated rings. The van der Waals surface area contributed by atoms with Gasteiger partial charge in [0.25, 0.3) is 0 Å². The van der Waals surface area contributed by atoms with Crippen LogP contribution in [-0.4, -0.2) is 5.11 Å². The van der Waals surface area contributed by atoms with E-state index in [1.807, 2.05) is 6.92 Å². The van der Waals surface area contributed by atoms with Gasteiger partial charge in [0.1, 0.15) is 0 Å². The van der Waals surface area contributed by atoms with Crippen LogP contribution in [0.15, 0.2) is 12.1 Å². The van der Waals surface area contributed by atoms with Crippen molar-refractivity contribution in [1.29, 1.82) is 0 Å². The van der Waals surface area contributed by atoms with E-state index < -0.39 is 0 Å². The van der Waals surface area contributed by atoms with Crippen molar-refractivity contribution in [2.75, 3.05) is 0 Å². The minimum Gasteiger partial charge on any atom is -0.389 e. The maximum Gasteiger partial charge on any atom is 0.0767 e. The maximum atomic E-state index is 10.8. The molecule has 1 nitrogen and oxygen atoms in total. The maximum absolute atomic E-state index is 10.8. The van der Waals surface area contributed by atoms with Crippen molar-refractivity contribution in [2.45, 2.75) is 127 Å². The Labute approximate surface area is 167 Å². The molecule has 3 saturated carbocycles. The van der Waals surface area contributed by atoms with Gasteiger partial charge in [-0.25, -0.2) is 0 Å². The number of aliphatic hydroxyl groups is 1. The first-order valence-corrected chi connectivity index (χ1v) is 12.1. The highest BCUT2D eigenvalue weighted by Crippen LogP contribution is 2.45. The summed E-state index contributed by atoms with van der Waals surface area (Å²) in [6.07, 6.45) is 20.3. The molecule has 0 amide bonds. The van der Waals surface area contributed by atoms with E-state index in [0.717, 1.165) is 5.92 Å². The van der Waals surface area contributed by atoms with E-state index in [2.05, 4.69) is 12.1 Å². The van der Waals surface area contributed by atoms with Crippen LogP contribution in [0, 0.1) is 0 Å². The zero-order valence-electron chi connectivity index (χ0n) is 17.5. The third-order valence-corrected chi connectivity index (χ3v) is 7.85. The normalized spacial score (nSPS) is 24.8.